The molecule has 4 aromatic rings. The van der Waals surface area contributed by atoms with E-state index in [0.717, 1.165) is 9.47 Å². The van der Waals surface area contributed by atoms with Gasteiger partial charge >= 0.3 is 18.2 Å². The number of anilines is 3. The molecule has 2 aliphatic rings. The summed E-state index contributed by atoms with van der Waals surface area (Å²) in [6.45, 7) is 3.21. The second-order valence-electron chi connectivity index (χ2n) is 17.3. The van der Waals surface area contributed by atoms with Crippen LogP contribution in [0.25, 0.3) is 16.7 Å². The summed E-state index contributed by atoms with van der Waals surface area (Å²) in [5, 5.41) is 19.2. The number of aromatic carboxylic acids is 1. The van der Waals surface area contributed by atoms with Crippen LogP contribution in [-0.4, -0.2) is 112 Å². The predicted molar refractivity (Wildman–Crippen MR) is 256 cm³/mol. The van der Waals surface area contributed by atoms with E-state index in [0.29, 0.717) is 48.8 Å². The number of urea groups is 1. The number of hydrogen-bond acceptors (Lipinski definition) is 14. The number of ether oxygens (including phenoxy) is 2. The third-order valence-electron chi connectivity index (χ3n) is 11.6. The van der Waals surface area contributed by atoms with Crippen molar-refractivity contribution in [1.29, 1.82) is 0 Å². The molecular weight excluding hydrogens is 989 g/mol. The number of nitrogens with one attached hydrogen (secondary N) is 4. The molecule has 0 aliphatic carbocycles. The summed E-state index contributed by atoms with van der Waals surface area (Å²) in [7, 11) is 0. The Balaban J connectivity index is 1.01. The number of rotatable bonds is 22. The van der Waals surface area contributed by atoms with Crippen molar-refractivity contribution in [2.45, 2.75) is 77.2 Å². The van der Waals surface area contributed by atoms with Gasteiger partial charge in [0.15, 0.2) is 23.3 Å². The maximum absolute atomic E-state index is 15.7. The summed E-state index contributed by atoms with van der Waals surface area (Å²) in [6.07, 6.45) is 3.00. The zero-order chi connectivity index (χ0) is 53.3. The standard InChI is InChI=1S/C47H50ClF3N10O12/c1-23(2)37(57-33(62)8-4-3-5-16-60-34(63)13-14-35(60)64)44(67)56-32(7-6-15-54-46(53)70)43(66)55-25-11-9-24(10-12-25)22-72-47(71)73-26-19-59(20-26)39-29(49)17-27-38(36(39)48)61(21-28(40(27)65)45(68)69)42-31(51)18-30(50)41(52)58-42/h9-14,17-18,21,23,26,32,37H,3-8,15-16,19-20,22H2,1-2H3,(H2,52,58)(H,55,66)(H,56,67)(H,57,62)(H,68,69)(H3,53,54,70)/t32-,37?/m0/s1. The molecule has 1 saturated heterocycles. The summed E-state index contributed by atoms with van der Waals surface area (Å²) >= 11 is 6.63. The van der Waals surface area contributed by atoms with Crippen LogP contribution in [0, 0.1) is 23.4 Å². The minimum absolute atomic E-state index is 0.0647. The molecule has 1 unspecified atom stereocenters. The molecule has 0 spiro atoms. The second-order valence-corrected chi connectivity index (χ2v) is 17.6. The number of imide groups is 1. The number of nitrogens with two attached hydrogens (primary N) is 2. The lowest BCUT2D eigenvalue weighted by atomic mass is 10.0. The van der Waals surface area contributed by atoms with Gasteiger partial charge in [0.05, 0.1) is 34.7 Å². The van der Waals surface area contributed by atoms with Crippen molar-refractivity contribution < 1.29 is 66.1 Å². The Morgan fingerprint density at radius 2 is 1.59 bits per heavy atom. The molecule has 2 aromatic carbocycles. The Morgan fingerprint density at radius 3 is 2.23 bits per heavy atom. The first-order chi connectivity index (χ1) is 34.6. The summed E-state index contributed by atoms with van der Waals surface area (Å²) in [6, 6.07) is 4.27. The Morgan fingerprint density at radius 1 is 0.904 bits per heavy atom. The van der Waals surface area contributed by atoms with Crippen molar-refractivity contribution in [2.24, 2.45) is 11.7 Å². The molecule has 4 heterocycles. The zero-order valence-corrected chi connectivity index (χ0v) is 39.9. The number of carboxylic acids is 1. The smallest absolute Gasteiger partial charge is 0.477 e. The molecule has 388 valence electrons. The fourth-order valence-corrected chi connectivity index (χ4v) is 8.19. The Hall–Kier alpha value is -8.22. The van der Waals surface area contributed by atoms with Crippen LogP contribution in [0.3, 0.4) is 0 Å². The lowest BCUT2D eigenvalue weighted by Crippen LogP contribution is -2.54. The SMILES string of the molecule is CC(C)C(NC(=O)CCCCCN1C(=O)C=CC1=O)C(=O)N[C@@H](CCCNC(N)=O)C(=O)Nc1ccc(COC(=O)OC2CN(c3c(F)cc4c(=O)c(C(=O)O)cn(-c5nc(N)c(F)cc5F)c4c3Cl)C2)cc1. The van der Waals surface area contributed by atoms with Gasteiger partial charge in [-0.3, -0.25) is 38.2 Å². The largest absolute Gasteiger partial charge is 0.509 e. The highest BCUT2D eigenvalue weighted by Crippen LogP contribution is 2.39. The van der Waals surface area contributed by atoms with E-state index in [4.69, 9.17) is 32.5 Å². The number of carboxylic acid groups (broad SMARTS) is 1. The van der Waals surface area contributed by atoms with Gasteiger partial charge in [0, 0.05) is 49.6 Å². The molecule has 9 N–H and O–H groups in total. The molecule has 1 fully saturated rings. The van der Waals surface area contributed by atoms with Crippen LogP contribution < -0.4 is 43.1 Å². The van der Waals surface area contributed by atoms with Gasteiger partial charge in [-0.15, -0.1) is 0 Å². The number of unbranched alkanes of at least 4 members (excludes halogenated alkanes) is 2. The van der Waals surface area contributed by atoms with E-state index in [1.54, 1.807) is 13.8 Å². The van der Waals surface area contributed by atoms with E-state index < -0.39 is 105 Å². The maximum atomic E-state index is 15.7. The van der Waals surface area contributed by atoms with E-state index in [2.05, 4.69) is 26.3 Å². The van der Waals surface area contributed by atoms with Crippen molar-refractivity contribution >= 4 is 87.4 Å². The number of pyridine rings is 2. The van der Waals surface area contributed by atoms with Crippen molar-refractivity contribution in [2.75, 3.05) is 42.1 Å². The molecular formula is C47H50ClF3N10O12. The number of fused-ring (bicyclic) bond motifs is 1. The molecule has 26 heteroatoms. The second kappa shape index (κ2) is 23.8. The number of carbonyl (C=O) groups excluding carboxylic acids is 7. The fraction of sp³-hybridized carbons (Fsp3) is 0.362. The van der Waals surface area contributed by atoms with Crippen LogP contribution in [0.2, 0.25) is 5.02 Å². The number of halogens is 4. The number of aromatic nitrogens is 2. The minimum atomic E-state index is -1.73. The highest BCUT2D eigenvalue weighted by atomic mass is 35.5. The van der Waals surface area contributed by atoms with Crippen LogP contribution in [0.1, 0.15) is 68.3 Å². The highest BCUT2D eigenvalue weighted by molar-refractivity contribution is 6.38. The van der Waals surface area contributed by atoms with Crippen LogP contribution >= 0.6 is 11.6 Å². The molecule has 2 atom stereocenters. The van der Waals surface area contributed by atoms with Gasteiger partial charge in [0.2, 0.25) is 23.2 Å². The molecule has 0 saturated carbocycles. The maximum Gasteiger partial charge on any atom is 0.509 e. The van der Waals surface area contributed by atoms with Crippen molar-refractivity contribution in [3.8, 4) is 5.82 Å². The van der Waals surface area contributed by atoms with E-state index in [1.165, 1.54) is 41.3 Å². The number of amides is 7. The van der Waals surface area contributed by atoms with E-state index in [-0.39, 0.29) is 81.0 Å². The van der Waals surface area contributed by atoms with Gasteiger partial charge in [-0.2, -0.15) is 0 Å². The number of nitrogen functional groups attached to an aromatic ring is 1. The first-order valence-electron chi connectivity index (χ1n) is 22.7. The van der Waals surface area contributed by atoms with E-state index >= 15 is 8.78 Å². The van der Waals surface area contributed by atoms with Crippen LogP contribution in [0.5, 0.6) is 0 Å². The number of nitrogens with zero attached hydrogens (tertiary/aromatic N) is 4. The average Bonchev–Trinajstić information content (AvgIpc) is 3.64. The van der Waals surface area contributed by atoms with Gasteiger partial charge in [-0.25, -0.2) is 32.5 Å². The monoisotopic (exact) mass is 1040 g/mol. The number of hydrogen-bond donors (Lipinski definition) is 7. The van der Waals surface area contributed by atoms with E-state index in [9.17, 15) is 52.6 Å². The molecule has 73 heavy (non-hydrogen) atoms. The van der Waals surface area contributed by atoms with Crippen molar-refractivity contribution in [3.05, 3.63) is 98.6 Å². The zero-order valence-electron chi connectivity index (χ0n) is 39.2. The normalized spacial score (nSPS) is 14.2. The van der Waals surface area contributed by atoms with Gasteiger partial charge in [0.25, 0.3) is 11.8 Å². The first-order valence-corrected chi connectivity index (χ1v) is 23.1. The molecule has 2 aromatic heterocycles. The first kappa shape index (κ1) is 54.1. The quantitative estimate of drug-likeness (QED) is 0.0335. The Kier molecular flexibility index (Phi) is 17.6. The average molecular weight is 1040 g/mol. The lowest BCUT2D eigenvalue weighted by molar-refractivity contribution is -0.137. The van der Waals surface area contributed by atoms with Gasteiger partial charge in [-0.05, 0) is 55.4 Å². The lowest BCUT2D eigenvalue weighted by Gasteiger charge is -2.40. The van der Waals surface area contributed by atoms with Crippen molar-refractivity contribution in [3.63, 3.8) is 0 Å². The summed E-state index contributed by atoms with van der Waals surface area (Å²) in [5.41, 5.74) is 8.74. The van der Waals surface area contributed by atoms with Crippen LogP contribution in [0.4, 0.5) is 40.0 Å². The predicted octanol–water partition coefficient (Wildman–Crippen LogP) is 3.78. The third-order valence-corrected chi connectivity index (χ3v) is 12.0. The summed E-state index contributed by atoms with van der Waals surface area (Å²) < 4.78 is 56.0. The van der Waals surface area contributed by atoms with E-state index in [1.807, 2.05) is 0 Å². The molecule has 6 rings (SSSR count). The highest BCUT2D eigenvalue weighted by Gasteiger charge is 2.36. The summed E-state index contributed by atoms with van der Waals surface area (Å²) in [5.74, 6) is -9.63. The topological polar surface area (TPSA) is 317 Å². The minimum Gasteiger partial charge on any atom is -0.477 e. The molecule has 0 radical (unpaired) electrons. The van der Waals surface area contributed by atoms with Gasteiger partial charge < -0.3 is 52.2 Å². The van der Waals surface area contributed by atoms with Crippen molar-refractivity contribution in [1.82, 2.24) is 30.4 Å². The van der Waals surface area contributed by atoms with Crippen LogP contribution in [0.15, 0.2) is 59.5 Å². The number of benzene rings is 2. The van der Waals surface area contributed by atoms with Gasteiger partial charge in [-0.1, -0.05) is 44.0 Å². The number of primary amides is 1. The molecule has 0 bridgehead atoms. The number of carbonyl (C=O) groups is 8. The Bertz CT molecular complexity index is 2910. The molecule has 22 nitrogen and oxygen atoms in total. The molecule has 7 amide bonds. The summed E-state index contributed by atoms with van der Waals surface area (Å²) in [4.78, 5) is 119. The Labute approximate surface area is 418 Å². The molecule has 2 aliphatic heterocycles. The third kappa shape index (κ3) is 13.4. The fourth-order valence-electron chi connectivity index (χ4n) is 7.79. The van der Waals surface area contributed by atoms with Crippen LogP contribution in [-0.2, 0) is 40.1 Å². The van der Waals surface area contributed by atoms with Gasteiger partial charge in [0.1, 0.15) is 36.2 Å².